The van der Waals surface area contributed by atoms with Crippen molar-refractivity contribution in [1.29, 1.82) is 0 Å². The van der Waals surface area contributed by atoms with Crippen LogP contribution < -0.4 is 4.90 Å². The molecule has 0 spiro atoms. The van der Waals surface area contributed by atoms with Gasteiger partial charge in [0.05, 0.1) is 18.4 Å². The van der Waals surface area contributed by atoms with Crippen LogP contribution in [0, 0.1) is 5.82 Å². The van der Waals surface area contributed by atoms with Gasteiger partial charge < -0.3 is 9.64 Å². The third kappa shape index (κ3) is 3.24. The number of esters is 1. The first-order valence-corrected chi connectivity index (χ1v) is 7.16. The highest BCUT2D eigenvalue weighted by Gasteiger charge is 2.35. The standard InChI is InChI=1S/C14H14FNO4S/c1-8(17)21-9-6-12(18)16(7-9)13-10(14(19)20-2)4-3-5-11(13)15/h3-5,9H,6-7H2,1-2H3. The summed E-state index contributed by atoms with van der Waals surface area (Å²) in [7, 11) is 1.19. The van der Waals surface area contributed by atoms with Crippen molar-refractivity contribution in [3.63, 3.8) is 0 Å². The van der Waals surface area contributed by atoms with E-state index in [0.717, 1.165) is 11.8 Å². The molecule has 1 aliphatic rings. The summed E-state index contributed by atoms with van der Waals surface area (Å²) >= 11 is 1.05. The van der Waals surface area contributed by atoms with Crippen molar-refractivity contribution >= 4 is 34.4 Å². The number of halogens is 1. The van der Waals surface area contributed by atoms with E-state index in [4.69, 9.17) is 0 Å². The molecule has 0 radical (unpaired) electrons. The van der Waals surface area contributed by atoms with E-state index in [1.807, 2.05) is 0 Å². The van der Waals surface area contributed by atoms with Gasteiger partial charge in [-0.2, -0.15) is 0 Å². The van der Waals surface area contributed by atoms with E-state index in [9.17, 15) is 18.8 Å². The van der Waals surface area contributed by atoms with E-state index >= 15 is 0 Å². The molecular weight excluding hydrogens is 297 g/mol. The summed E-state index contributed by atoms with van der Waals surface area (Å²) in [6.45, 7) is 1.61. The average molecular weight is 311 g/mol. The van der Waals surface area contributed by atoms with Crippen LogP contribution >= 0.6 is 11.8 Å². The van der Waals surface area contributed by atoms with Crippen LogP contribution in [0.2, 0.25) is 0 Å². The van der Waals surface area contributed by atoms with Gasteiger partial charge in [-0.3, -0.25) is 9.59 Å². The zero-order chi connectivity index (χ0) is 15.6. The Bertz CT molecular complexity index is 605. The molecular formula is C14H14FNO4S. The Kier molecular flexibility index (Phi) is 4.62. The summed E-state index contributed by atoms with van der Waals surface area (Å²) in [5.74, 6) is -1.69. The SMILES string of the molecule is COC(=O)c1cccc(F)c1N1CC(SC(C)=O)CC1=O. The molecule has 1 fully saturated rings. The number of hydrogen-bond donors (Lipinski definition) is 0. The largest absolute Gasteiger partial charge is 0.465 e. The average Bonchev–Trinajstić information content (AvgIpc) is 2.77. The van der Waals surface area contributed by atoms with Crippen molar-refractivity contribution in [3.05, 3.63) is 29.6 Å². The number of carbonyl (C=O) groups excluding carboxylic acids is 3. The van der Waals surface area contributed by atoms with Crippen LogP contribution in [0.1, 0.15) is 23.7 Å². The summed E-state index contributed by atoms with van der Waals surface area (Å²) in [6.07, 6.45) is 0.138. The third-order valence-corrected chi connectivity index (χ3v) is 4.07. The molecule has 1 aromatic rings. The minimum atomic E-state index is -0.708. The van der Waals surface area contributed by atoms with Gasteiger partial charge in [0.1, 0.15) is 5.82 Å². The summed E-state index contributed by atoms with van der Waals surface area (Å²) in [6, 6.07) is 3.97. The number of methoxy groups -OCH3 is 1. The lowest BCUT2D eigenvalue weighted by Gasteiger charge is -2.20. The highest BCUT2D eigenvalue weighted by atomic mass is 32.2. The van der Waals surface area contributed by atoms with E-state index in [0.29, 0.717) is 0 Å². The lowest BCUT2D eigenvalue weighted by Crippen LogP contribution is -2.28. The maximum atomic E-state index is 14.1. The fourth-order valence-corrected chi connectivity index (χ4v) is 3.19. The van der Waals surface area contributed by atoms with Crippen LogP contribution in [0.25, 0.3) is 0 Å². The van der Waals surface area contributed by atoms with Gasteiger partial charge in [0.25, 0.3) is 0 Å². The second kappa shape index (κ2) is 6.26. The molecule has 2 rings (SSSR count). The van der Waals surface area contributed by atoms with Crippen LogP contribution in [0.15, 0.2) is 18.2 Å². The van der Waals surface area contributed by atoms with E-state index in [2.05, 4.69) is 4.74 Å². The Hall–Kier alpha value is -1.89. The number of ether oxygens (including phenoxy) is 1. The van der Waals surface area contributed by atoms with E-state index in [1.54, 1.807) is 0 Å². The van der Waals surface area contributed by atoms with Crippen molar-refractivity contribution in [2.45, 2.75) is 18.6 Å². The molecule has 1 heterocycles. The fraction of sp³-hybridized carbons (Fsp3) is 0.357. The zero-order valence-corrected chi connectivity index (χ0v) is 12.4. The monoisotopic (exact) mass is 311 g/mol. The normalized spacial score (nSPS) is 18.0. The molecule has 1 unspecified atom stereocenters. The number of anilines is 1. The van der Waals surface area contributed by atoms with Crippen molar-refractivity contribution in [1.82, 2.24) is 0 Å². The van der Waals surface area contributed by atoms with E-state index < -0.39 is 11.8 Å². The molecule has 1 aliphatic heterocycles. The number of carbonyl (C=O) groups is 3. The van der Waals surface area contributed by atoms with Gasteiger partial charge >= 0.3 is 5.97 Å². The summed E-state index contributed by atoms with van der Waals surface area (Å²) in [5, 5.41) is -0.337. The van der Waals surface area contributed by atoms with Crippen LogP contribution in [-0.2, 0) is 14.3 Å². The van der Waals surface area contributed by atoms with Gasteiger partial charge in [-0.15, -0.1) is 0 Å². The van der Waals surface area contributed by atoms with Gasteiger partial charge in [-0.25, -0.2) is 9.18 Å². The number of rotatable bonds is 3. The number of para-hydroxylation sites is 1. The molecule has 7 heteroatoms. The van der Waals surface area contributed by atoms with E-state index in [1.165, 1.54) is 37.1 Å². The van der Waals surface area contributed by atoms with Gasteiger partial charge in [0, 0.05) is 25.1 Å². The first-order chi connectivity index (χ1) is 9.93. The molecule has 21 heavy (non-hydrogen) atoms. The highest BCUT2D eigenvalue weighted by molar-refractivity contribution is 8.14. The second-order valence-electron chi connectivity index (χ2n) is 4.57. The molecule has 0 aromatic heterocycles. The van der Waals surface area contributed by atoms with Crippen molar-refractivity contribution in [2.75, 3.05) is 18.6 Å². The van der Waals surface area contributed by atoms with Gasteiger partial charge in [0.15, 0.2) is 5.12 Å². The van der Waals surface area contributed by atoms with Gasteiger partial charge in [-0.1, -0.05) is 17.8 Å². The Balaban J connectivity index is 2.36. The predicted molar refractivity (Wildman–Crippen MR) is 76.8 cm³/mol. The molecule has 0 aliphatic carbocycles. The number of nitrogens with zero attached hydrogens (tertiary/aromatic N) is 1. The molecule has 1 aromatic carbocycles. The Morgan fingerprint density at radius 3 is 2.76 bits per heavy atom. The first-order valence-electron chi connectivity index (χ1n) is 6.28. The maximum absolute atomic E-state index is 14.1. The Morgan fingerprint density at radius 1 is 1.43 bits per heavy atom. The van der Waals surface area contributed by atoms with Gasteiger partial charge in [-0.05, 0) is 12.1 Å². The molecule has 0 N–H and O–H groups in total. The first kappa shape index (κ1) is 15.5. The predicted octanol–water partition coefficient (Wildman–Crippen LogP) is 2.00. The highest BCUT2D eigenvalue weighted by Crippen LogP contribution is 2.32. The summed E-state index contributed by atoms with van der Waals surface area (Å²) in [5.41, 5.74) is -0.0830. The molecule has 1 saturated heterocycles. The van der Waals surface area contributed by atoms with Crippen LogP contribution in [0.5, 0.6) is 0 Å². The number of thioether (sulfide) groups is 1. The minimum Gasteiger partial charge on any atom is -0.465 e. The van der Waals surface area contributed by atoms with Crippen molar-refractivity contribution in [2.24, 2.45) is 0 Å². The minimum absolute atomic E-state index is 0.000625. The van der Waals surface area contributed by atoms with Crippen molar-refractivity contribution < 1.29 is 23.5 Å². The topological polar surface area (TPSA) is 63.7 Å². The molecule has 112 valence electrons. The Labute approximate surface area is 125 Å². The smallest absolute Gasteiger partial charge is 0.340 e. The molecule has 1 amide bonds. The van der Waals surface area contributed by atoms with E-state index in [-0.39, 0.29) is 40.5 Å². The summed E-state index contributed by atoms with van der Waals surface area (Å²) < 4.78 is 18.7. The molecule has 1 atom stereocenters. The summed E-state index contributed by atoms with van der Waals surface area (Å²) in [4.78, 5) is 36.1. The quantitative estimate of drug-likeness (QED) is 0.799. The Morgan fingerprint density at radius 2 is 2.14 bits per heavy atom. The molecule has 0 saturated carbocycles. The van der Waals surface area contributed by atoms with Crippen molar-refractivity contribution in [3.8, 4) is 0 Å². The number of hydrogen-bond acceptors (Lipinski definition) is 5. The van der Waals surface area contributed by atoms with Gasteiger partial charge in [0.2, 0.25) is 5.91 Å². The van der Waals surface area contributed by atoms with Crippen LogP contribution in [0.3, 0.4) is 0 Å². The maximum Gasteiger partial charge on any atom is 0.340 e. The number of amides is 1. The van der Waals surface area contributed by atoms with Crippen LogP contribution in [-0.4, -0.2) is 35.9 Å². The lowest BCUT2D eigenvalue weighted by atomic mass is 10.1. The number of benzene rings is 1. The fourth-order valence-electron chi connectivity index (χ4n) is 2.27. The molecule has 5 nitrogen and oxygen atoms in total. The lowest BCUT2D eigenvalue weighted by molar-refractivity contribution is -0.117. The second-order valence-corrected chi connectivity index (χ2v) is 6.04. The third-order valence-electron chi connectivity index (χ3n) is 3.08. The molecule has 0 bridgehead atoms. The van der Waals surface area contributed by atoms with Crippen LogP contribution in [0.4, 0.5) is 10.1 Å². The zero-order valence-electron chi connectivity index (χ0n) is 11.6.